The number of hydrogen-bond acceptors (Lipinski definition) is 3. The first kappa shape index (κ1) is 30.4. The number of aliphatic hydroxyl groups excluding tert-OH is 1. The highest BCUT2D eigenvalue weighted by Crippen LogP contribution is 2.36. The van der Waals surface area contributed by atoms with E-state index in [1.54, 1.807) is 23.1 Å². The van der Waals surface area contributed by atoms with E-state index in [1.807, 2.05) is 6.92 Å². The molecule has 4 nitrogen and oxygen atoms in total. The highest BCUT2D eigenvalue weighted by Gasteiger charge is 2.36. The van der Waals surface area contributed by atoms with Crippen LogP contribution in [-0.2, 0) is 28.5 Å². The van der Waals surface area contributed by atoms with Gasteiger partial charge in [0, 0.05) is 19.7 Å². The van der Waals surface area contributed by atoms with E-state index in [-0.39, 0.29) is 30.0 Å². The summed E-state index contributed by atoms with van der Waals surface area (Å²) in [5, 5.41) is 9.01. The maximum Gasteiger partial charge on any atom is 0.416 e. The number of rotatable bonds is 3. The monoisotopic (exact) mass is 511 g/mol. The molecule has 196 valence electrons. The summed E-state index contributed by atoms with van der Waals surface area (Å²) >= 11 is 0. The summed E-state index contributed by atoms with van der Waals surface area (Å²) in [6, 6.07) is 9.61. The Labute approximate surface area is 199 Å². The van der Waals surface area contributed by atoms with Crippen molar-refractivity contribution in [1.29, 1.82) is 0 Å². The van der Waals surface area contributed by atoms with Crippen molar-refractivity contribution in [3.05, 3.63) is 71.0 Å². The minimum absolute atomic E-state index is 0.0825. The lowest BCUT2D eigenvalue weighted by molar-refractivity contribution is -0.143. The Balaban J connectivity index is 0.000000289. The van der Waals surface area contributed by atoms with Crippen LogP contribution in [0.15, 0.2) is 48.5 Å². The normalized spacial score (nSPS) is 16.5. The molecule has 2 unspecified atom stereocenters. The van der Waals surface area contributed by atoms with Crippen molar-refractivity contribution in [3.8, 4) is 0 Å². The van der Waals surface area contributed by atoms with Crippen molar-refractivity contribution >= 4 is 5.91 Å². The van der Waals surface area contributed by atoms with Gasteiger partial charge in [0.1, 0.15) is 11.9 Å². The molecule has 1 aliphatic rings. The van der Waals surface area contributed by atoms with Gasteiger partial charge >= 0.3 is 12.4 Å². The predicted octanol–water partition coefficient (Wildman–Crippen LogP) is 6.07. The van der Waals surface area contributed by atoms with Crippen LogP contribution in [0.5, 0.6) is 0 Å². The number of amides is 1. The molecule has 1 amide bonds. The zero-order valence-corrected chi connectivity index (χ0v) is 19.5. The quantitative estimate of drug-likeness (QED) is 0.509. The molecule has 0 saturated carbocycles. The molecule has 1 heterocycles. The van der Waals surface area contributed by atoms with Crippen molar-refractivity contribution in [2.45, 2.75) is 57.8 Å². The highest BCUT2D eigenvalue weighted by molar-refractivity contribution is 5.80. The molecule has 0 spiro atoms. The first-order chi connectivity index (χ1) is 16.2. The van der Waals surface area contributed by atoms with Gasteiger partial charge < -0.3 is 14.7 Å². The zero-order chi connectivity index (χ0) is 26.8. The average Bonchev–Trinajstić information content (AvgIpc) is 3.19. The molecular weight excluding hydrogens is 483 g/mol. The van der Waals surface area contributed by atoms with Gasteiger partial charge in [-0.2, -0.15) is 26.3 Å². The molecule has 3 rings (SSSR count). The van der Waals surface area contributed by atoms with Crippen LogP contribution in [0.25, 0.3) is 0 Å². The SMILES string of the molecule is CC(O)C(=O)N1CCCC1C.COCc1cc(C(F)(F)F)cc(C(F)(F)F)c1.Fc1ccccc1. The number of hydrogen-bond donors (Lipinski definition) is 1. The fourth-order valence-electron chi connectivity index (χ4n) is 3.18. The van der Waals surface area contributed by atoms with E-state index in [1.165, 1.54) is 26.2 Å². The minimum Gasteiger partial charge on any atom is -0.384 e. The molecule has 0 aromatic heterocycles. The summed E-state index contributed by atoms with van der Waals surface area (Å²) in [5.74, 6) is -0.308. The van der Waals surface area contributed by atoms with E-state index in [4.69, 9.17) is 5.11 Å². The zero-order valence-electron chi connectivity index (χ0n) is 19.5. The Kier molecular flexibility index (Phi) is 11.7. The van der Waals surface area contributed by atoms with Crippen LogP contribution in [0.1, 0.15) is 43.4 Å². The third kappa shape index (κ3) is 10.6. The molecular formula is C24H28F7NO3. The maximum atomic E-state index is 12.4. The van der Waals surface area contributed by atoms with E-state index < -0.39 is 29.6 Å². The number of methoxy groups -OCH3 is 1. The van der Waals surface area contributed by atoms with Crippen molar-refractivity contribution in [1.82, 2.24) is 4.90 Å². The largest absolute Gasteiger partial charge is 0.416 e. The standard InChI is InChI=1S/C10H8F6O.C8H15NO2.C6H5F/c1-17-5-6-2-7(9(11,12)13)4-8(3-6)10(14,15)16;1-6-4-3-5-9(6)8(11)7(2)10;7-6-4-2-1-3-5-6/h2-4H,5H2,1H3;6-7,10H,3-5H2,1-2H3;1-5H. The average molecular weight is 511 g/mol. The molecule has 2 aromatic rings. The highest BCUT2D eigenvalue weighted by atomic mass is 19.4. The summed E-state index contributed by atoms with van der Waals surface area (Å²) in [6.45, 7) is 4.04. The van der Waals surface area contributed by atoms with E-state index in [2.05, 4.69) is 4.74 Å². The number of benzene rings is 2. The van der Waals surface area contributed by atoms with Crippen LogP contribution in [0, 0.1) is 5.82 Å². The summed E-state index contributed by atoms with van der Waals surface area (Å²) in [5.41, 5.74) is -2.84. The van der Waals surface area contributed by atoms with Crippen LogP contribution in [0.2, 0.25) is 0 Å². The molecule has 1 aliphatic heterocycles. The molecule has 0 radical (unpaired) electrons. The number of aliphatic hydroxyl groups is 1. The molecule has 11 heteroatoms. The van der Waals surface area contributed by atoms with Gasteiger partial charge in [0.25, 0.3) is 5.91 Å². The number of alkyl halides is 6. The number of carbonyl (C=O) groups excluding carboxylic acids is 1. The van der Waals surface area contributed by atoms with E-state index in [0.29, 0.717) is 18.2 Å². The first-order valence-electron chi connectivity index (χ1n) is 10.6. The lowest BCUT2D eigenvalue weighted by Gasteiger charge is -2.22. The second-order valence-corrected chi connectivity index (χ2v) is 7.84. The van der Waals surface area contributed by atoms with Crippen LogP contribution in [-0.4, -0.2) is 41.7 Å². The van der Waals surface area contributed by atoms with Crippen molar-refractivity contribution in [2.75, 3.05) is 13.7 Å². The Morgan fingerprint density at radius 2 is 1.57 bits per heavy atom. The maximum absolute atomic E-state index is 12.4. The Hall–Kier alpha value is -2.66. The van der Waals surface area contributed by atoms with Gasteiger partial charge in [-0.05, 0) is 62.6 Å². The number of likely N-dealkylation sites (tertiary alicyclic amines) is 1. The lowest BCUT2D eigenvalue weighted by Crippen LogP contribution is -2.39. The molecule has 0 aliphatic carbocycles. The molecule has 2 aromatic carbocycles. The first-order valence-corrected chi connectivity index (χ1v) is 10.6. The topological polar surface area (TPSA) is 49.8 Å². The van der Waals surface area contributed by atoms with Crippen molar-refractivity contribution in [2.24, 2.45) is 0 Å². The Morgan fingerprint density at radius 3 is 1.89 bits per heavy atom. The van der Waals surface area contributed by atoms with Crippen LogP contribution in [0.4, 0.5) is 30.7 Å². The molecule has 1 N–H and O–H groups in total. The number of halogens is 7. The van der Waals surface area contributed by atoms with Crippen LogP contribution < -0.4 is 0 Å². The van der Waals surface area contributed by atoms with Gasteiger partial charge in [-0.1, -0.05) is 18.2 Å². The molecule has 0 bridgehead atoms. The predicted molar refractivity (Wildman–Crippen MR) is 116 cm³/mol. The third-order valence-corrected chi connectivity index (χ3v) is 4.89. The van der Waals surface area contributed by atoms with E-state index in [0.717, 1.165) is 19.4 Å². The third-order valence-electron chi connectivity index (χ3n) is 4.89. The second kappa shape index (κ2) is 13.4. The van der Waals surface area contributed by atoms with Gasteiger partial charge in [0.15, 0.2) is 0 Å². The molecule has 1 fully saturated rings. The Bertz CT molecular complexity index is 883. The number of ether oxygens (including phenoxy) is 1. The lowest BCUT2D eigenvalue weighted by atomic mass is 10.1. The van der Waals surface area contributed by atoms with Gasteiger partial charge in [-0.25, -0.2) is 4.39 Å². The molecule has 2 atom stereocenters. The summed E-state index contributed by atoms with van der Waals surface area (Å²) in [7, 11) is 1.19. The van der Waals surface area contributed by atoms with Crippen molar-refractivity contribution < 1.29 is 45.4 Å². The van der Waals surface area contributed by atoms with E-state index >= 15 is 0 Å². The van der Waals surface area contributed by atoms with Crippen LogP contribution in [0.3, 0.4) is 0 Å². The van der Waals surface area contributed by atoms with Gasteiger partial charge in [0.2, 0.25) is 0 Å². The Morgan fingerprint density at radius 1 is 1.06 bits per heavy atom. The van der Waals surface area contributed by atoms with Gasteiger partial charge in [-0.3, -0.25) is 4.79 Å². The summed E-state index contributed by atoms with van der Waals surface area (Å²) in [4.78, 5) is 13.0. The second-order valence-electron chi connectivity index (χ2n) is 7.84. The molecule has 1 saturated heterocycles. The number of nitrogens with zero attached hydrogens (tertiary/aromatic N) is 1. The number of carbonyl (C=O) groups is 1. The molecule has 35 heavy (non-hydrogen) atoms. The minimum atomic E-state index is -4.82. The summed E-state index contributed by atoms with van der Waals surface area (Å²) < 4.78 is 90.6. The van der Waals surface area contributed by atoms with Crippen molar-refractivity contribution in [3.63, 3.8) is 0 Å². The summed E-state index contributed by atoms with van der Waals surface area (Å²) in [6.07, 6.45) is -8.33. The fourth-order valence-corrected chi connectivity index (χ4v) is 3.18. The van der Waals surface area contributed by atoms with Gasteiger partial charge in [0.05, 0.1) is 17.7 Å². The van der Waals surface area contributed by atoms with E-state index in [9.17, 15) is 35.5 Å². The fraction of sp³-hybridized carbons (Fsp3) is 0.458. The van der Waals surface area contributed by atoms with Crippen LogP contribution >= 0.6 is 0 Å². The smallest absolute Gasteiger partial charge is 0.384 e. The van der Waals surface area contributed by atoms with Gasteiger partial charge in [-0.15, -0.1) is 0 Å².